The van der Waals surface area contributed by atoms with Gasteiger partial charge in [0.05, 0.1) is 11.7 Å². The van der Waals surface area contributed by atoms with E-state index in [9.17, 15) is 19.8 Å². The van der Waals surface area contributed by atoms with E-state index in [1.807, 2.05) is 6.07 Å². The van der Waals surface area contributed by atoms with Crippen LogP contribution in [0.4, 0.5) is 0 Å². The topological polar surface area (TPSA) is 123 Å². The van der Waals surface area contributed by atoms with Gasteiger partial charge in [-0.1, -0.05) is 15.9 Å². The molecule has 0 aliphatic heterocycles. The summed E-state index contributed by atoms with van der Waals surface area (Å²) in [5.74, 6) is -0.338. The van der Waals surface area contributed by atoms with E-state index >= 15 is 0 Å². The zero-order valence-electron chi connectivity index (χ0n) is 13.0. The maximum absolute atomic E-state index is 12.6. The van der Waals surface area contributed by atoms with E-state index in [1.54, 1.807) is 12.1 Å². The summed E-state index contributed by atoms with van der Waals surface area (Å²) < 4.78 is 1.48. The molecular weight excluding hydrogens is 404 g/mol. The van der Waals surface area contributed by atoms with Crippen LogP contribution in [0.15, 0.2) is 55.6 Å². The number of nitrogens with zero attached hydrogens (tertiary/aromatic N) is 2. The smallest absolute Gasteiger partial charge is 0.350 e. The molecule has 0 saturated carbocycles. The Kier molecular flexibility index (Phi) is 3.66. The lowest BCUT2D eigenvalue weighted by Gasteiger charge is -2.00. The maximum Gasteiger partial charge on any atom is 0.350 e. The average molecular weight is 415 g/mol. The summed E-state index contributed by atoms with van der Waals surface area (Å²) in [5, 5.41) is 23.6. The van der Waals surface area contributed by atoms with Gasteiger partial charge >= 0.3 is 11.2 Å². The molecule has 2 heterocycles. The summed E-state index contributed by atoms with van der Waals surface area (Å²) in [5.41, 5.74) is 0.229. The van der Waals surface area contributed by atoms with Crippen molar-refractivity contribution in [1.29, 1.82) is 0 Å². The molecule has 0 saturated heterocycles. The van der Waals surface area contributed by atoms with Crippen molar-refractivity contribution in [2.24, 2.45) is 5.10 Å². The second-order valence-corrected chi connectivity index (χ2v) is 6.52. The molecule has 0 aliphatic carbocycles. The number of H-pyrrole nitrogens is 2. The van der Waals surface area contributed by atoms with Crippen LogP contribution in [0.2, 0.25) is 0 Å². The molecule has 0 atom stereocenters. The molecule has 0 amide bonds. The third-order valence-corrected chi connectivity index (χ3v) is 4.41. The standard InChI is InChI=1S/C17H11BrN4O4/c18-9-2-4-12-11(5-9)14-15(20-12)16(25)22(17(26)21-14)19-7-8-1-3-10(23)6-13(8)24/h1-7,20,23-24H,(H,21,26). The number of aromatic amines is 2. The first-order valence-corrected chi connectivity index (χ1v) is 8.26. The van der Waals surface area contributed by atoms with E-state index in [0.717, 1.165) is 16.8 Å². The van der Waals surface area contributed by atoms with E-state index in [4.69, 9.17) is 0 Å². The summed E-state index contributed by atoms with van der Waals surface area (Å²) in [7, 11) is 0. The molecule has 130 valence electrons. The molecular formula is C17H11BrN4O4. The number of hydrogen-bond acceptors (Lipinski definition) is 5. The lowest BCUT2D eigenvalue weighted by Crippen LogP contribution is -2.32. The highest BCUT2D eigenvalue weighted by Gasteiger charge is 2.13. The number of halogens is 1. The Bertz CT molecular complexity index is 1320. The van der Waals surface area contributed by atoms with Gasteiger partial charge in [0.1, 0.15) is 17.0 Å². The van der Waals surface area contributed by atoms with Crippen LogP contribution in [0.5, 0.6) is 11.5 Å². The van der Waals surface area contributed by atoms with E-state index in [0.29, 0.717) is 21.1 Å². The van der Waals surface area contributed by atoms with Gasteiger partial charge in [0.2, 0.25) is 0 Å². The molecule has 2 aromatic heterocycles. The quantitative estimate of drug-likeness (QED) is 0.375. The van der Waals surface area contributed by atoms with Crippen molar-refractivity contribution in [2.75, 3.05) is 0 Å². The van der Waals surface area contributed by atoms with E-state index in [2.05, 4.69) is 31.0 Å². The predicted octanol–water partition coefficient (Wildman–Crippen LogP) is 2.23. The maximum atomic E-state index is 12.6. The zero-order chi connectivity index (χ0) is 18.4. The molecule has 8 nitrogen and oxygen atoms in total. The van der Waals surface area contributed by atoms with Crippen LogP contribution < -0.4 is 11.2 Å². The van der Waals surface area contributed by atoms with E-state index in [-0.39, 0.29) is 22.6 Å². The Morgan fingerprint density at radius 1 is 1.04 bits per heavy atom. The van der Waals surface area contributed by atoms with Crippen molar-refractivity contribution < 1.29 is 10.2 Å². The van der Waals surface area contributed by atoms with Crippen LogP contribution in [0.3, 0.4) is 0 Å². The van der Waals surface area contributed by atoms with Crippen LogP contribution in [0, 0.1) is 0 Å². The van der Waals surface area contributed by atoms with Crippen molar-refractivity contribution >= 4 is 44.1 Å². The zero-order valence-corrected chi connectivity index (χ0v) is 14.6. The number of nitrogens with one attached hydrogen (secondary N) is 2. The molecule has 4 aromatic rings. The van der Waals surface area contributed by atoms with Gasteiger partial charge in [0.25, 0.3) is 0 Å². The number of fused-ring (bicyclic) bond motifs is 3. The second kappa shape index (κ2) is 5.88. The number of benzene rings is 2. The molecule has 9 heteroatoms. The normalized spacial score (nSPS) is 11.7. The first kappa shape index (κ1) is 16.2. The predicted molar refractivity (Wildman–Crippen MR) is 101 cm³/mol. The highest BCUT2D eigenvalue weighted by molar-refractivity contribution is 9.10. The van der Waals surface area contributed by atoms with Crippen LogP contribution in [-0.4, -0.2) is 31.1 Å². The third-order valence-electron chi connectivity index (χ3n) is 3.92. The minimum absolute atomic E-state index is 0.111. The minimum Gasteiger partial charge on any atom is -0.508 e. The molecule has 4 rings (SSSR count). The summed E-state index contributed by atoms with van der Waals surface area (Å²) in [4.78, 5) is 30.6. The fourth-order valence-electron chi connectivity index (χ4n) is 2.68. The Hall–Kier alpha value is -3.33. The van der Waals surface area contributed by atoms with E-state index < -0.39 is 11.2 Å². The Labute approximate surface area is 153 Å². The summed E-state index contributed by atoms with van der Waals surface area (Å²) >= 11 is 3.36. The number of aromatic hydroxyl groups is 2. The van der Waals surface area contributed by atoms with Gasteiger partial charge in [-0.25, -0.2) is 4.79 Å². The SMILES string of the molecule is O=c1[nH]c2c([nH]c3ccc(Br)cc32)c(=O)n1N=Cc1ccc(O)cc1O. The molecule has 0 unspecified atom stereocenters. The van der Waals surface area contributed by atoms with Gasteiger partial charge in [0.15, 0.2) is 0 Å². The fourth-order valence-corrected chi connectivity index (χ4v) is 3.04. The first-order chi connectivity index (χ1) is 12.4. The highest BCUT2D eigenvalue weighted by atomic mass is 79.9. The molecule has 0 aliphatic rings. The highest BCUT2D eigenvalue weighted by Crippen LogP contribution is 2.24. The average Bonchev–Trinajstić information content (AvgIpc) is 2.94. The van der Waals surface area contributed by atoms with Crippen molar-refractivity contribution in [3.8, 4) is 11.5 Å². The lowest BCUT2D eigenvalue weighted by molar-refractivity contribution is 0.450. The number of aromatic nitrogens is 3. The van der Waals surface area contributed by atoms with Crippen molar-refractivity contribution in [3.63, 3.8) is 0 Å². The second-order valence-electron chi connectivity index (χ2n) is 5.60. The van der Waals surface area contributed by atoms with Gasteiger partial charge in [0, 0.05) is 27.0 Å². The fraction of sp³-hybridized carbons (Fsp3) is 0. The molecule has 26 heavy (non-hydrogen) atoms. The number of rotatable bonds is 2. The Balaban J connectivity index is 1.91. The Morgan fingerprint density at radius 3 is 2.62 bits per heavy atom. The molecule has 0 radical (unpaired) electrons. The molecule has 0 spiro atoms. The van der Waals surface area contributed by atoms with Crippen molar-refractivity contribution in [3.05, 3.63) is 67.3 Å². The molecule has 4 N–H and O–H groups in total. The van der Waals surface area contributed by atoms with Gasteiger partial charge in [-0.2, -0.15) is 5.10 Å². The van der Waals surface area contributed by atoms with Crippen LogP contribution in [0.25, 0.3) is 21.9 Å². The summed E-state index contributed by atoms with van der Waals surface area (Å²) in [6.07, 6.45) is 1.16. The van der Waals surface area contributed by atoms with Crippen LogP contribution in [0.1, 0.15) is 5.56 Å². The van der Waals surface area contributed by atoms with E-state index in [1.165, 1.54) is 12.1 Å². The number of phenolic OH excluding ortho intramolecular Hbond substituents is 2. The summed E-state index contributed by atoms with van der Waals surface area (Å²) in [6, 6.07) is 9.30. The minimum atomic E-state index is -0.710. The van der Waals surface area contributed by atoms with Gasteiger partial charge in [-0.05, 0) is 30.3 Å². The molecule has 2 aromatic carbocycles. The molecule has 0 fully saturated rings. The van der Waals surface area contributed by atoms with Crippen molar-refractivity contribution in [1.82, 2.24) is 14.6 Å². The monoisotopic (exact) mass is 414 g/mol. The van der Waals surface area contributed by atoms with Gasteiger partial charge in [-0.3, -0.25) is 4.79 Å². The summed E-state index contributed by atoms with van der Waals surface area (Å²) in [6.45, 7) is 0. The number of phenols is 2. The van der Waals surface area contributed by atoms with Crippen LogP contribution >= 0.6 is 15.9 Å². The van der Waals surface area contributed by atoms with Gasteiger partial charge in [-0.15, -0.1) is 4.68 Å². The molecule has 0 bridgehead atoms. The largest absolute Gasteiger partial charge is 0.508 e. The first-order valence-electron chi connectivity index (χ1n) is 7.46. The Morgan fingerprint density at radius 2 is 1.85 bits per heavy atom. The van der Waals surface area contributed by atoms with Crippen LogP contribution in [-0.2, 0) is 0 Å². The lowest BCUT2D eigenvalue weighted by atomic mass is 10.2. The number of hydrogen-bond donors (Lipinski definition) is 4. The van der Waals surface area contributed by atoms with Gasteiger partial charge < -0.3 is 20.2 Å². The third kappa shape index (κ3) is 2.58. The van der Waals surface area contributed by atoms with Crippen molar-refractivity contribution in [2.45, 2.75) is 0 Å².